The standard InChI is InChI=1S/C21H25F3N4O2/c1-15-10-12-28(26-15)14-20(30)27-11-2-3-16(13-27)4-9-19(29)25-18-7-5-17(6-8-18)21(22,23)24/h5-8,10,12,16H,2-4,9,11,13-14H2,1H3,(H,25,29). The summed E-state index contributed by atoms with van der Waals surface area (Å²) in [5.41, 5.74) is 0.444. The van der Waals surface area contributed by atoms with Crippen molar-refractivity contribution >= 4 is 17.5 Å². The van der Waals surface area contributed by atoms with Crippen molar-refractivity contribution in [2.24, 2.45) is 5.92 Å². The second-order valence-electron chi connectivity index (χ2n) is 7.66. The molecule has 1 N–H and O–H groups in total. The van der Waals surface area contributed by atoms with Crippen LogP contribution in [0.5, 0.6) is 0 Å². The zero-order valence-corrected chi connectivity index (χ0v) is 16.8. The third-order valence-electron chi connectivity index (χ3n) is 5.22. The zero-order chi connectivity index (χ0) is 21.7. The fourth-order valence-corrected chi connectivity index (χ4v) is 3.62. The van der Waals surface area contributed by atoms with Crippen LogP contribution in [0.25, 0.3) is 0 Å². The number of nitrogens with one attached hydrogen (secondary N) is 1. The Morgan fingerprint density at radius 2 is 1.93 bits per heavy atom. The van der Waals surface area contributed by atoms with Crippen molar-refractivity contribution in [3.05, 3.63) is 47.8 Å². The maximum absolute atomic E-state index is 12.6. The third-order valence-corrected chi connectivity index (χ3v) is 5.22. The fourth-order valence-electron chi connectivity index (χ4n) is 3.62. The molecule has 1 aromatic heterocycles. The SMILES string of the molecule is Cc1ccn(CC(=O)N2CCCC(CCC(=O)Nc3ccc(C(F)(F)F)cc3)C2)n1. The van der Waals surface area contributed by atoms with E-state index in [4.69, 9.17) is 0 Å². The largest absolute Gasteiger partial charge is 0.416 e. The van der Waals surface area contributed by atoms with E-state index in [1.807, 2.05) is 17.9 Å². The second kappa shape index (κ2) is 9.32. The smallest absolute Gasteiger partial charge is 0.341 e. The van der Waals surface area contributed by atoms with Gasteiger partial charge in [-0.2, -0.15) is 18.3 Å². The van der Waals surface area contributed by atoms with Gasteiger partial charge in [0.2, 0.25) is 11.8 Å². The molecule has 1 fully saturated rings. The topological polar surface area (TPSA) is 67.2 Å². The summed E-state index contributed by atoms with van der Waals surface area (Å²) in [6, 6.07) is 6.24. The van der Waals surface area contributed by atoms with E-state index in [1.54, 1.807) is 10.9 Å². The van der Waals surface area contributed by atoms with E-state index in [0.717, 1.165) is 30.7 Å². The Hall–Kier alpha value is -2.84. The monoisotopic (exact) mass is 422 g/mol. The summed E-state index contributed by atoms with van der Waals surface area (Å²) < 4.78 is 39.4. The summed E-state index contributed by atoms with van der Waals surface area (Å²) in [5, 5.41) is 6.87. The molecule has 1 aliphatic heterocycles. The lowest BCUT2D eigenvalue weighted by Crippen LogP contribution is -2.41. The number of aromatic nitrogens is 2. The van der Waals surface area contributed by atoms with E-state index >= 15 is 0 Å². The number of piperidine rings is 1. The Bertz CT molecular complexity index is 877. The number of hydrogen-bond donors (Lipinski definition) is 1. The van der Waals surface area contributed by atoms with Gasteiger partial charge in [0, 0.05) is 31.4 Å². The number of aryl methyl sites for hydroxylation is 1. The zero-order valence-electron chi connectivity index (χ0n) is 16.8. The van der Waals surface area contributed by atoms with Gasteiger partial charge in [-0.25, -0.2) is 0 Å². The predicted molar refractivity (Wildman–Crippen MR) is 106 cm³/mol. The number of carbonyl (C=O) groups excluding carboxylic acids is 2. The first kappa shape index (κ1) is 21.9. The highest BCUT2D eigenvalue weighted by Crippen LogP contribution is 2.30. The van der Waals surface area contributed by atoms with Gasteiger partial charge in [-0.3, -0.25) is 14.3 Å². The lowest BCUT2D eigenvalue weighted by molar-refractivity contribution is -0.137. The number of rotatable bonds is 6. The van der Waals surface area contributed by atoms with Gasteiger partial charge in [0.1, 0.15) is 6.54 Å². The first-order valence-corrected chi connectivity index (χ1v) is 9.95. The number of alkyl halides is 3. The molecule has 30 heavy (non-hydrogen) atoms. The van der Waals surface area contributed by atoms with Gasteiger partial charge in [-0.05, 0) is 62.4 Å². The molecule has 0 saturated carbocycles. The number of halogens is 3. The molecule has 6 nitrogen and oxygen atoms in total. The number of carbonyl (C=O) groups is 2. The average molecular weight is 422 g/mol. The number of benzene rings is 1. The summed E-state index contributed by atoms with van der Waals surface area (Å²) in [5.74, 6) is -0.0114. The van der Waals surface area contributed by atoms with Crippen LogP contribution in [0.3, 0.4) is 0 Å². The summed E-state index contributed by atoms with van der Waals surface area (Å²) in [4.78, 5) is 26.5. The van der Waals surface area contributed by atoms with Crippen LogP contribution in [0, 0.1) is 12.8 Å². The third kappa shape index (κ3) is 6.08. The van der Waals surface area contributed by atoms with Crippen molar-refractivity contribution in [1.82, 2.24) is 14.7 Å². The van der Waals surface area contributed by atoms with E-state index in [9.17, 15) is 22.8 Å². The van der Waals surface area contributed by atoms with Gasteiger partial charge in [0.25, 0.3) is 0 Å². The Morgan fingerprint density at radius 3 is 2.57 bits per heavy atom. The van der Waals surface area contributed by atoms with Crippen molar-refractivity contribution in [2.75, 3.05) is 18.4 Å². The maximum atomic E-state index is 12.6. The molecule has 0 bridgehead atoms. The first-order valence-electron chi connectivity index (χ1n) is 9.95. The Kier molecular flexibility index (Phi) is 6.79. The molecule has 9 heteroatoms. The van der Waals surface area contributed by atoms with Crippen LogP contribution in [0.1, 0.15) is 36.9 Å². The molecule has 0 radical (unpaired) electrons. The number of anilines is 1. The number of likely N-dealkylation sites (tertiary alicyclic amines) is 1. The van der Waals surface area contributed by atoms with E-state index < -0.39 is 11.7 Å². The molecule has 1 aliphatic rings. The van der Waals surface area contributed by atoms with Gasteiger partial charge in [-0.15, -0.1) is 0 Å². The van der Waals surface area contributed by atoms with Crippen LogP contribution in [0.15, 0.2) is 36.5 Å². The fraction of sp³-hybridized carbons (Fsp3) is 0.476. The van der Waals surface area contributed by atoms with Crippen LogP contribution in [0.2, 0.25) is 0 Å². The van der Waals surface area contributed by atoms with Crippen molar-refractivity contribution < 1.29 is 22.8 Å². The molecule has 2 aromatic rings. The predicted octanol–water partition coefficient (Wildman–Crippen LogP) is 3.87. The maximum Gasteiger partial charge on any atom is 0.416 e. The Labute approximate surface area is 173 Å². The van der Waals surface area contributed by atoms with Crippen molar-refractivity contribution in [2.45, 2.75) is 45.3 Å². The van der Waals surface area contributed by atoms with E-state index in [-0.39, 0.29) is 30.7 Å². The average Bonchev–Trinajstić information content (AvgIpc) is 3.11. The lowest BCUT2D eigenvalue weighted by atomic mass is 9.93. The molecule has 1 aromatic carbocycles. The van der Waals surface area contributed by atoms with E-state index in [1.165, 1.54) is 12.1 Å². The molecule has 0 aliphatic carbocycles. The van der Waals surface area contributed by atoms with Crippen LogP contribution in [-0.2, 0) is 22.3 Å². The van der Waals surface area contributed by atoms with E-state index in [0.29, 0.717) is 25.2 Å². The highest BCUT2D eigenvalue weighted by atomic mass is 19.4. The van der Waals surface area contributed by atoms with Crippen molar-refractivity contribution in [1.29, 1.82) is 0 Å². The minimum absolute atomic E-state index is 0.0111. The molecular weight excluding hydrogens is 397 g/mol. The minimum Gasteiger partial charge on any atom is -0.341 e. The Morgan fingerprint density at radius 1 is 1.20 bits per heavy atom. The lowest BCUT2D eigenvalue weighted by Gasteiger charge is -2.32. The number of nitrogens with zero attached hydrogens (tertiary/aromatic N) is 3. The quantitative estimate of drug-likeness (QED) is 0.769. The molecule has 2 heterocycles. The molecule has 2 amide bonds. The first-order chi connectivity index (χ1) is 14.2. The minimum atomic E-state index is -4.40. The molecule has 162 valence electrons. The van der Waals surface area contributed by atoms with Gasteiger partial charge in [0.15, 0.2) is 0 Å². The molecule has 1 saturated heterocycles. The molecule has 0 spiro atoms. The van der Waals surface area contributed by atoms with Gasteiger partial charge in [0.05, 0.1) is 11.3 Å². The van der Waals surface area contributed by atoms with Crippen molar-refractivity contribution in [3.63, 3.8) is 0 Å². The number of hydrogen-bond acceptors (Lipinski definition) is 3. The molecule has 1 atom stereocenters. The van der Waals surface area contributed by atoms with Crippen LogP contribution in [-0.4, -0.2) is 39.6 Å². The van der Waals surface area contributed by atoms with Gasteiger partial charge < -0.3 is 10.2 Å². The van der Waals surface area contributed by atoms with Crippen LogP contribution < -0.4 is 5.32 Å². The summed E-state index contributed by atoms with van der Waals surface area (Å²) in [6.45, 7) is 3.38. The summed E-state index contributed by atoms with van der Waals surface area (Å²) in [6.07, 6.45) is 0.0831. The Balaban J connectivity index is 1.44. The van der Waals surface area contributed by atoms with Crippen LogP contribution >= 0.6 is 0 Å². The van der Waals surface area contributed by atoms with Crippen molar-refractivity contribution in [3.8, 4) is 0 Å². The highest BCUT2D eigenvalue weighted by Gasteiger charge is 2.30. The summed E-state index contributed by atoms with van der Waals surface area (Å²) >= 11 is 0. The number of amides is 2. The highest BCUT2D eigenvalue weighted by molar-refractivity contribution is 5.90. The van der Waals surface area contributed by atoms with E-state index in [2.05, 4.69) is 10.4 Å². The molecule has 1 unspecified atom stereocenters. The molecular formula is C21H25F3N4O2. The normalized spacial score (nSPS) is 17.1. The molecule has 3 rings (SSSR count). The van der Waals surface area contributed by atoms with Gasteiger partial charge >= 0.3 is 6.18 Å². The van der Waals surface area contributed by atoms with Gasteiger partial charge in [-0.1, -0.05) is 0 Å². The summed E-state index contributed by atoms with van der Waals surface area (Å²) in [7, 11) is 0. The second-order valence-corrected chi connectivity index (χ2v) is 7.66. The van der Waals surface area contributed by atoms with Crippen LogP contribution in [0.4, 0.5) is 18.9 Å².